The van der Waals surface area contributed by atoms with Gasteiger partial charge >= 0.3 is 5.97 Å². The van der Waals surface area contributed by atoms with Gasteiger partial charge in [-0.3, -0.25) is 4.79 Å². The van der Waals surface area contributed by atoms with E-state index in [1.807, 2.05) is 12.1 Å². The van der Waals surface area contributed by atoms with E-state index in [2.05, 4.69) is 13.8 Å². The van der Waals surface area contributed by atoms with Crippen molar-refractivity contribution in [1.29, 1.82) is 0 Å². The largest absolute Gasteiger partial charge is 0.475 e. The first-order chi connectivity index (χ1) is 16.2. The molecule has 8 nitrogen and oxygen atoms in total. The molecular formula is C25H30N2O6S. The molecule has 0 aliphatic carbocycles. The Kier molecular flexibility index (Phi) is 6.95. The number of hydrogen-bond donors (Lipinski definition) is 0. The van der Waals surface area contributed by atoms with Gasteiger partial charge < -0.3 is 14.4 Å². The maximum absolute atomic E-state index is 13.5. The quantitative estimate of drug-likeness (QED) is 0.603. The number of sulfonamides is 1. The molecule has 1 saturated heterocycles. The molecule has 2 heterocycles. The second kappa shape index (κ2) is 9.76. The maximum Gasteiger partial charge on any atom is 0.348 e. The Hall–Kier alpha value is -2.91. The standard InChI is InChI=1S/C25H30N2O6S/c1-17(2)18-8-10-20(11-9-18)34(30,31)26-14-12-19(13-15-26)24(28)27-16-23(25(29)32-3)33-22-7-5-4-6-21(22)27/h4-11,17,19,23H,12-16H2,1-3H3. The van der Waals surface area contributed by atoms with Crippen molar-refractivity contribution in [2.75, 3.05) is 31.6 Å². The number of anilines is 1. The second-order valence-corrected chi connectivity index (χ2v) is 10.9. The third kappa shape index (κ3) is 4.67. The van der Waals surface area contributed by atoms with Crippen molar-refractivity contribution in [3.05, 3.63) is 54.1 Å². The summed E-state index contributed by atoms with van der Waals surface area (Å²) in [6.45, 7) is 4.70. The molecule has 2 aliphatic rings. The molecule has 2 aromatic carbocycles. The van der Waals surface area contributed by atoms with E-state index in [4.69, 9.17) is 9.47 Å². The molecule has 9 heteroatoms. The van der Waals surface area contributed by atoms with E-state index in [1.165, 1.54) is 11.4 Å². The summed E-state index contributed by atoms with van der Waals surface area (Å²) in [5, 5.41) is 0. The summed E-state index contributed by atoms with van der Waals surface area (Å²) in [6.07, 6.45) is -0.0899. The summed E-state index contributed by atoms with van der Waals surface area (Å²) in [5.41, 5.74) is 1.69. The van der Waals surface area contributed by atoms with Crippen molar-refractivity contribution in [1.82, 2.24) is 4.31 Å². The molecule has 1 fully saturated rings. The van der Waals surface area contributed by atoms with Crippen LogP contribution in [0.5, 0.6) is 5.75 Å². The van der Waals surface area contributed by atoms with Crippen LogP contribution in [0.1, 0.15) is 38.2 Å². The number of amides is 1. The minimum absolute atomic E-state index is 0.0588. The van der Waals surface area contributed by atoms with Gasteiger partial charge in [0, 0.05) is 19.0 Å². The minimum Gasteiger partial charge on any atom is -0.475 e. The highest BCUT2D eigenvalue weighted by atomic mass is 32.2. The van der Waals surface area contributed by atoms with Crippen molar-refractivity contribution in [2.24, 2.45) is 5.92 Å². The van der Waals surface area contributed by atoms with Crippen LogP contribution in [0, 0.1) is 5.92 Å². The number of ether oxygens (including phenoxy) is 2. The van der Waals surface area contributed by atoms with Crippen LogP contribution in [-0.2, 0) is 24.3 Å². The summed E-state index contributed by atoms with van der Waals surface area (Å²) in [4.78, 5) is 27.4. The monoisotopic (exact) mass is 486 g/mol. The second-order valence-electron chi connectivity index (χ2n) is 8.95. The van der Waals surface area contributed by atoms with Gasteiger partial charge in [0.1, 0.15) is 5.75 Å². The molecule has 34 heavy (non-hydrogen) atoms. The Labute approximate surface area is 200 Å². The number of fused-ring (bicyclic) bond motifs is 1. The zero-order valence-electron chi connectivity index (χ0n) is 19.6. The van der Waals surface area contributed by atoms with E-state index < -0.39 is 22.1 Å². The van der Waals surface area contributed by atoms with Crippen LogP contribution >= 0.6 is 0 Å². The zero-order chi connectivity index (χ0) is 24.5. The molecule has 1 atom stereocenters. The molecule has 0 spiro atoms. The van der Waals surface area contributed by atoms with E-state index in [0.717, 1.165) is 5.56 Å². The summed E-state index contributed by atoms with van der Waals surface area (Å²) in [5.74, 6) is -0.260. The lowest BCUT2D eigenvalue weighted by Gasteiger charge is -2.37. The average molecular weight is 487 g/mol. The molecule has 4 rings (SSSR count). The highest BCUT2D eigenvalue weighted by Gasteiger charge is 2.39. The number of carbonyl (C=O) groups excluding carboxylic acids is 2. The Morgan fingerprint density at radius 2 is 1.68 bits per heavy atom. The van der Waals surface area contributed by atoms with E-state index >= 15 is 0 Å². The van der Waals surface area contributed by atoms with Crippen LogP contribution in [0.15, 0.2) is 53.4 Å². The van der Waals surface area contributed by atoms with Gasteiger partial charge in [0.15, 0.2) is 0 Å². The molecule has 2 aliphatic heterocycles. The number of carbonyl (C=O) groups is 2. The zero-order valence-corrected chi connectivity index (χ0v) is 20.5. The van der Waals surface area contributed by atoms with Gasteiger partial charge in [0.2, 0.25) is 22.0 Å². The average Bonchev–Trinajstić information content (AvgIpc) is 2.87. The van der Waals surface area contributed by atoms with Gasteiger partial charge in [-0.2, -0.15) is 4.31 Å². The number of para-hydroxylation sites is 2. The molecule has 1 unspecified atom stereocenters. The predicted octanol–water partition coefficient (Wildman–Crippen LogP) is 3.18. The Bertz CT molecular complexity index is 1150. The number of methoxy groups -OCH3 is 1. The molecule has 0 radical (unpaired) electrons. The Morgan fingerprint density at radius 1 is 1.03 bits per heavy atom. The molecule has 1 amide bonds. The first-order valence-corrected chi connectivity index (χ1v) is 12.9. The van der Waals surface area contributed by atoms with Crippen molar-refractivity contribution >= 4 is 27.6 Å². The third-order valence-electron chi connectivity index (χ3n) is 6.49. The highest BCUT2D eigenvalue weighted by Crippen LogP contribution is 2.36. The van der Waals surface area contributed by atoms with Crippen LogP contribution in [0.4, 0.5) is 5.69 Å². The Balaban J connectivity index is 1.46. The van der Waals surface area contributed by atoms with Crippen molar-refractivity contribution < 1.29 is 27.5 Å². The van der Waals surface area contributed by atoms with E-state index in [0.29, 0.717) is 30.2 Å². The summed E-state index contributed by atoms with van der Waals surface area (Å²) < 4.78 is 38.2. The molecule has 0 saturated carbocycles. The first-order valence-electron chi connectivity index (χ1n) is 11.5. The van der Waals surface area contributed by atoms with Gasteiger partial charge in [-0.25, -0.2) is 13.2 Å². The van der Waals surface area contributed by atoms with Crippen LogP contribution in [0.25, 0.3) is 0 Å². The van der Waals surface area contributed by atoms with Crippen LogP contribution < -0.4 is 9.64 Å². The van der Waals surface area contributed by atoms with E-state index in [1.54, 1.807) is 41.3 Å². The molecular weight excluding hydrogens is 456 g/mol. The van der Waals surface area contributed by atoms with E-state index in [-0.39, 0.29) is 36.4 Å². The van der Waals surface area contributed by atoms with Gasteiger partial charge in [0.05, 0.1) is 24.2 Å². The topological polar surface area (TPSA) is 93.2 Å². The van der Waals surface area contributed by atoms with Crippen LogP contribution in [-0.4, -0.2) is 57.4 Å². The highest BCUT2D eigenvalue weighted by molar-refractivity contribution is 7.89. The van der Waals surface area contributed by atoms with Crippen LogP contribution in [0.3, 0.4) is 0 Å². The molecule has 0 N–H and O–H groups in total. The number of esters is 1. The summed E-state index contributed by atoms with van der Waals surface area (Å²) in [6, 6.07) is 14.1. The summed E-state index contributed by atoms with van der Waals surface area (Å²) >= 11 is 0. The number of hydrogen-bond acceptors (Lipinski definition) is 6. The number of benzene rings is 2. The maximum atomic E-state index is 13.5. The molecule has 0 aromatic heterocycles. The van der Waals surface area contributed by atoms with E-state index in [9.17, 15) is 18.0 Å². The fourth-order valence-corrected chi connectivity index (χ4v) is 5.90. The normalized spacial score (nSPS) is 19.4. The van der Waals surface area contributed by atoms with Crippen molar-refractivity contribution in [3.63, 3.8) is 0 Å². The number of nitrogens with zero attached hydrogens (tertiary/aromatic N) is 2. The number of rotatable bonds is 5. The smallest absolute Gasteiger partial charge is 0.348 e. The Morgan fingerprint density at radius 3 is 2.29 bits per heavy atom. The third-order valence-corrected chi connectivity index (χ3v) is 8.40. The van der Waals surface area contributed by atoms with Gasteiger partial charge in [-0.1, -0.05) is 38.1 Å². The lowest BCUT2D eigenvalue weighted by atomic mass is 9.95. The van der Waals surface area contributed by atoms with Crippen molar-refractivity contribution in [3.8, 4) is 5.75 Å². The predicted molar refractivity (Wildman–Crippen MR) is 127 cm³/mol. The summed E-state index contributed by atoms with van der Waals surface area (Å²) in [7, 11) is -2.34. The van der Waals surface area contributed by atoms with Gasteiger partial charge in [-0.15, -0.1) is 0 Å². The molecule has 182 valence electrons. The fraction of sp³-hybridized carbons (Fsp3) is 0.440. The first kappa shape index (κ1) is 24.2. The van der Waals surface area contributed by atoms with Gasteiger partial charge in [-0.05, 0) is 48.6 Å². The van der Waals surface area contributed by atoms with Crippen LogP contribution in [0.2, 0.25) is 0 Å². The minimum atomic E-state index is -3.62. The van der Waals surface area contributed by atoms with Gasteiger partial charge in [0.25, 0.3) is 0 Å². The molecule has 0 bridgehead atoms. The molecule has 2 aromatic rings. The SMILES string of the molecule is COC(=O)C1CN(C(=O)C2CCN(S(=O)(=O)c3ccc(C(C)C)cc3)CC2)c2ccccc2O1. The lowest BCUT2D eigenvalue weighted by Crippen LogP contribution is -2.51. The van der Waals surface area contributed by atoms with Crippen molar-refractivity contribution in [2.45, 2.75) is 43.6 Å². The lowest BCUT2D eigenvalue weighted by molar-refractivity contribution is -0.148. The fourth-order valence-electron chi connectivity index (χ4n) is 4.43. The number of piperidine rings is 1.